The van der Waals surface area contributed by atoms with Crippen LogP contribution in [-0.2, 0) is 11.2 Å². The predicted octanol–water partition coefficient (Wildman–Crippen LogP) is 4.95. The number of hydrazone groups is 1. The molecule has 0 unspecified atom stereocenters. The number of rotatable bonds is 5. The second kappa shape index (κ2) is 8.01. The number of amides is 1. The van der Waals surface area contributed by atoms with Crippen molar-refractivity contribution in [2.45, 2.75) is 6.42 Å². The van der Waals surface area contributed by atoms with Gasteiger partial charge in [-0.2, -0.15) is 5.10 Å². The van der Waals surface area contributed by atoms with Gasteiger partial charge in [-0.25, -0.2) is 5.43 Å². The number of halogens is 2. The number of nitrogens with zero attached hydrogens (tertiary/aromatic N) is 1. The first-order valence-electron chi connectivity index (χ1n) is 7.53. The number of hydrogen-bond donors (Lipinski definition) is 1. The molecule has 0 aliphatic rings. The maximum atomic E-state index is 11.8. The number of carbonyl (C=O) groups is 1. The van der Waals surface area contributed by atoms with Crippen molar-refractivity contribution in [3.05, 3.63) is 82.0 Å². The van der Waals surface area contributed by atoms with Gasteiger partial charge < -0.3 is 4.42 Å². The quantitative estimate of drug-likeness (QED) is 0.508. The van der Waals surface area contributed by atoms with Crippen molar-refractivity contribution in [2.75, 3.05) is 0 Å². The van der Waals surface area contributed by atoms with Crippen molar-refractivity contribution in [1.82, 2.24) is 5.43 Å². The Balaban J connectivity index is 1.62. The number of carbonyl (C=O) groups excluding carboxylic acids is 1. The topological polar surface area (TPSA) is 54.6 Å². The second-order valence-corrected chi connectivity index (χ2v) is 6.13. The van der Waals surface area contributed by atoms with Crippen LogP contribution in [0.5, 0.6) is 0 Å². The fraction of sp³-hybridized carbons (Fsp3) is 0.0526. The molecule has 1 heterocycles. The van der Waals surface area contributed by atoms with Gasteiger partial charge in [0.05, 0.1) is 17.7 Å². The summed E-state index contributed by atoms with van der Waals surface area (Å²) >= 11 is 12.1. The van der Waals surface area contributed by atoms with Gasteiger partial charge in [-0.05, 0) is 35.9 Å². The number of hydrogen-bond acceptors (Lipinski definition) is 3. The maximum Gasteiger partial charge on any atom is 0.244 e. The van der Waals surface area contributed by atoms with Crippen LogP contribution in [0.3, 0.4) is 0 Å². The number of benzene rings is 2. The average molecular weight is 373 g/mol. The Hall–Kier alpha value is -2.56. The van der Waals surface area contributed by atoms with Gasteiger partial charge in [0, 0.05) is 10.6 Å². The minimum atomic E-state index is -0.202. The van der Waals surface area contributed by atoms with Crippen LogP contribution in [-0.4, -0.2) is 12.1 Å². The minimum absolute atomic E-state index is 0.202. The standard InChI is InChI=1S/C19H14Cl2N2O2/c20-14-6-8-17(21)16(11-14)18-9-7-15(25-18)12-22-23-19(24)10-13-4-2-1-3-5-13/h1-9,11-12H,10H2,(H,23,24). The third-order valence-electron chi connectivity index (χ3n) is 3.41. The summed E-state index contributed by atoms with van der Waals surface area (Å²) in [6, 6.07) is 18.1. The third kappa shape index (κ3) is 4.72. The summed E-state index contributed by atoms with van der Waals surface area (Å²) in [5.74, 6) is 0.864. The van der Waals surface area contributed by atoms with E-state index < -0.39 is 0 Å². The number of furan rings is 1. The minimum Gasteiger partial charge on any atom is -0.455 e. The summed E-state index contributed by atoms with van der Waals surface area (Å²) in [6.07, 6.45) is 1.70. The zero-order chi connectivity index (χ0) is 17.6. The molecule has 0 fully saturated rings. The Morgan fingerprint density at radius 1 is 1.08 bits per heavy atom. The highest BCUT2D eigenvalue weighted by Gasteiger charge is 2.09. The van der Waals surface area contributed by atoms with Crippen LogP contribution in [0.25, 0.3) is 11.3 Å². The van der Waals surface area contributed by atoms with Gasteiger partial charge in [0.15, 0.2) is 0 Å². The molecule has 0 spiro atoms. The summed E-state index contributed by atoms with van der Waals surface area (Å²) in [5, 5.41) is 5.02. The largest absolute Gasteiger partial charge is 0.455 e. The van der Waals surface area contributed by atoms with Crippen molar-refractivity contribution in [2.24, 2.45) is 5.10 Å². The molecule has 126 valence electrons. The Kier molecular flexibility index (Phi) is 5.53. The lowest BCUT2D eigenvalue weighted by molar-refractivity contribution is -0.120. The van der Waals surface area contributed by atoms with Gasteiger partial charge in [0.25, 0.3) is 0 Å². The Morgan fingerprint density at radius 2 is 1.88 bits per heavy atom. The molecule has 3 rings (SSSR count). The Morgan fingerprint density at radius 3 is 2.68 bits per heavy atom. The molecule has 1 N–H and O–H groups in total. The second-order valence-electron chi connectivity index (χ2n) is 5.28. The van der Waals surface area contributed by atoms with E-state index in [1.807, 2.05) is 30.3 Å². The highest BCUT2D eigenvalue weighted by molar-refractivity contribution is 6.35. The fourth-order valence-corrected chi connectivity index (χ4v) is 2.62. The fourth-order valence-electron chi connectivity index (χ4n) is 2.24. The summed E-state index contributed by atoms with van der Waals surface area (Å²) in [6.45, 7) is 0. The van der Waals surface area contributed by atoms with E-state index in [0.29, 0.717) is 27.1 Å². The highest BCUT2D eigenvalue weighted by Crippen LogP contribution is 2.31. The average Bonchev–Trinajstić information content (AvgIpc) is 3.06. The first kappa shape index (κ1) is 17.3. The lowest BCUT2D eigenvalue weighted by Gasteiger charge is -2.01. The zero-order valence-electron chi connectivity index (χ0n) is 13.1. The lowest BCUT2D eigenvalue weighted by atomic mass is 10.1. The Bertz CT molecular complexity index is 905. The monoisotopic (exact) mass is 372 g/mol. The van der Waals surface area contributed by atoms with Crippen molar-refractivity contribution >= 4 is 35.3 Å². The molecule has 0 saturated heterocycles. The molecule has 3 aromatic rings. The van der Waals surface area contributed by atoms with Crippen LogP contribution in [0.1, 0.15) is 11.3 Å². The zero-order valence-corrected chi connectivity index (χ0v) is 14.6. The molecule has 2 aromatic carbocycles. The maximum absolute atomic E-state index is 11.8. The van der Waals surface area contributed by atoms with Gasteiger partial charge in [0.1, 0.15) is 11.5 Å². The van der Waals surface area contributed by atoms with Crippen LogP contribution in [0, 0.1) is 0 Å². The first-order chi connectivity index (χ1) is 12.1. The van der Waals surface area contributed by atoms with E-state index in [1.165, 1.54) is 6.21 Å². The van der Waals surface area contributed by atoms with E-state index in [-0.39, 0.29) is 12.3 Å². The van der Waals surface area contributed by atoms with Crippen LogP contribution in [0.2, 0.25) is 10.0 Å². The van der Waals surface area contributed by atoms with E-state index >= 15 is 0 Å². The summed E-state index contributed by atoms with van der Waals surface area (Å²) in [5.41, 5.74) is 4.09. The van der Waals surface area contributed by atoms with E-state index in [4.69, 9.17) is 27.6 Å². The summed E-state index contributed by atoms with van der Waals surface area (Å²) < 4.78 is 5.66. The molecule has 6 heteroatoms. The van der Waals surface area contributed by atoms with Crippen LogP contribution < -0.4 is 5.43 Å². The van der Waals surface area contributed by atoms with Crippen LogP contribution in [0.15, 0.2) is 70.2 Å². The number of nitrogens with one attached hydrogen (secondary N) is 1. The van der Waals surface area contributed by atoms with E-state index in [1.54, 1.807) is 30.3 Å². The molecule has 0 radical (unpaired) electrons. The SMILES string of the molecule is O=C(Cc1ccccc1)NN=Cc1ccc(-c2cc(Cl)ccc2Cl)o1. The van der Waals surface area contributed by atoms with E-state index in [9.17, 15) is 4.79 Å². The van der Waals surface area contributed by atoms with Crippen molar-refractivity contribution < 1.29 is 9.21 Å². The lowest BCUT2D eigenvalue weighted by Crippen LogP contribution is -2.19. The van der Waals surface area contributed by atoms with Gasteiger partial charge in [-0.3, -0.25) is 4.79 Å². The molecule has 0 atom stereocenters. The van der Waals surface area contributed by atoms with Gasteiger partial charge in [-0.1, -0.05) is 53.5 Å². The molecule has 0 aliphatic heterocycles. The van der Waals surface area contributed by atoms with Crippen LogP contribution >= 0.6 is 23.2 Å². The summed E-state index contributed by atoms with van der Waals surface area (Å²) in [4.78, 5) is 11.8. The van der Waals surface area contributed by atoms with Crippen molar-refractivity contribution in [3.63, 3.8) is 0 Å². The van der Waals surface area contributed by atoms with Gasteiger partial charge >= 0.3 is 0 Å². The Labute approximate surface area is 155 Å². The molecular formula is C19H14Cl2N2O2. The third-order valence-corrected chi connectivity index (χ3v) is 3.97. The smallest absolute Gasteiger partial charge is 0.244 e. The molecule has 0 aliphatic carbocycles. The van der Waals surface area contributed by atoms with Gasteiger partial charge in [0.2, 0.25) is 5.91 Å². The molecule has 4 nitrogen and oxygen atoms in total. The molecule has 1 amide bonds. The molecular weight excluding hydrogens is 359 g/mol. The highest BCUT2D eigenvalue weighted by atomic mass is 35.5. The normalized spacial score (nSPS) is 11.0. The molecule has 1 aromatic heterocycles. The molecule has 0 saturated carbocycles. The van der Waals surface area contributed by atoms with Gasteiger partial charge in [-0.15, -0.1) is 0 Å². The molecule has 25 heavy (non-hydrogen) atoms. The van der Waals surface area contributed by atoms with E-state index in [0.717, 1.165) is 5.56 Å². The molecule has 0 bridgehead atoms. The van der Waals surface area contributed by atoms with Crippen LogP contribution in [0.4, 0.5) is 0 Å². The predicted molar refractivity (Wildman–Crippen MR) is 100 cm³/mol. The van der Waals surface area contributed by atoms with Crippen molar-refractivity contribution in [3.8, 4) is 11.3 Å². The van der Waals surface area contributed by atoms with E-state index in [2.05, 4.69) is 10.5 Å². The first-order valence-corrected chi connectivity index (χ1v) is 8.28. The summed E-state index contributed by atoms with van der Waals surface area (Å²) in [7, 11) is 0. The van der Waals surface area contributed by atoms with Crippen molar-refractivity contribution in [1.29, 1.82) is 0 Å².